The van der Waals surface area contributed by atoms with Crippen molar-refractivity contribution in [3.05, 3.63) is 29.8 Å². The van der Waals surface area contributed by atoms with Crippen LogP contribution >= 0.6 is 0 Å². The molecule has 0 saturated heterocycles. The van der Waals surface area contributed by atoms with E-state index in [0.29, 0.717) is 12.2 Å². The summed E-state index contributed by atoms with van der Waals surface area (Å²) in [7, 11) is 1.54. The van der Waals surface area contributed by atoms with Crippen molar-refractivity contribution in [3.63, 3.8) is 0 Å². The molecule has 0 bridgehead atoms. The van der Waals surface area contributed by atoms with Crippen molar-refractivity contribution in [2.45, 2.75) is 12.6 Å². The number of alkyl halides is 3. The molecule has 6 heteroatoms. The van der Waals surface area contributed by atoms with Crippen molar-refractivity contribution < 1.29 is 27.8 Å². The Labute approximate surface area is 110 Å². The molecule has 1 unspecified atom stereocenters. The Balaban J connectivity index is 2.47. The zero-order valence-electron chi connectivity index (χ0n) is 10.6. The van der Waals surface area contributed by atoms with Crippen LogP contribution in [0.15, 0.2) is 24.3 Å². The van der Waals surface area contributed by atoms with Gasteiger partial charge >= 0.3 is 6.18 Å². The second kappa shape index (κ2) is 7.35. The lowest BCUT2D eigenvalue weighted by Gasteiger charge is -2.16. The van der Waals surface area contributed by atoms with E-state index in [4.69, 9.17) is 9.84 Å². The van der Waals surface area contributed by atoms with Gasteiger partial charge in [0.05, 0.1) is 13.7 Å². The minimum atomic E-state index is -4.34. The van der Waals surface area contributed by atoms with Gasteiger partial charge in [0.25, 0.3) is 0 Å². The summed E-state index contributed by atoms with van der Waals surface area (Å²) in [4.78, 5) is 0. The summed E-state index contributed by atoms with van der Waals surface area (Å²) in [5.41, 5.74) is 0.883. The van der Waals surface area contributed by atoms with Gasteiger partial charge in [-0.05, 0) is 24.1 Å². The van der Waals surface area contributed by atoms with Crippen molar-refractivity contribution >= 4 is 0 Å². The first kappa shape index (κ1) is 15.8. The highest BCUT2D eigenvalue weighted by molar-refractivity contribution is 5.28. The smallest absolute Gasteiger partial charge is 0.411 e. The third-order valence-corrected chi connectivity index (χ3v) is 2.54. The Bertz CT molecular complexity index is 380. The molecule has 0 radical (unpaired) electrons. The number of rotatable bonds is 7. The van der Waals surface area contributed by atoms with Crippen LogP contribution in [-0.4, -0.2) is 38.2 Å². The van der Waals surface area contributed by atoms with Gasteiger partial charge in [-0.25, -0.2) is 0 Å². The van der Waals surface area contributed by atoms with Gasteiger partial charge in [-0.1, -0.05) is 12.1 Å². The normalized spacial score (nSPS) is 13.3. The molecule has 1 aromatic carbocycles. The van der Waals surface area contributed by atoms with Gasteiger partial charge in [0.15, 0.2) is 0 Å². The van der Waals surface area contributed by atoms with Gasteiger partial charge in [0.2, 0.25) is 0 Å². The molecule has 19 heavy (non-hydrogen) atoms. The molecule has 3 nitrogen and oxygen atoms in total. The second-order valence-electron chi connectivity index (χ2n) is 4.23. The Morgan fingerprint density at radius 2 is 2.05 bits per heavy atom. The summed E-state index contributed by atoms with van der Waals surface area (Å²) in [6.07, 6.45) is -3.90. The lowest BCUT2D eigenvalue weighted by atomic mass is 10.0. The lowest BCUT2D eigenvalue weighted by molar-refractivity contribution is -0.177. The molecule has 0 fully saturated rings. The molecule has 0 aliphatic heterocycles. The Morgan fingerprint density at radius 1 is 1.32 bits per heavy atom. The molecule has 1 atom stereocenters. The van der Waals surface area contributed by atoms with E-state index in [1.165, 1.54) is 7.11 Å². The van der Waals surface area contributed by atoms with Crippen molar-refractivity contribution in [1.82, 2.24) is 0 Å². The molecule has 108 valence electrons. The number of hydrogen-bond donors (Lipinski definition) is 1. The summed E-state index contributed by atoms with van der Waals surface area (Å²) in [5.74, 6) is 0.305. The molecular weight excluding hydrogens is 261 g/mol. The van der Waals surface area contributed by atoms with E-state index in [-0.39, 0.29) is 19.1 Å². The van der Waals surface area contributed by atoms with Gasteiger partial charge in [-0.2, -0.15) is 13.2 Å². The SMILES string of the molecule is COc1cccc(CC(CO)COCC(F)(F)F)c1. The van der Waals surface area contributed by atoms with Gasteiger partial charge in [0, 0.05) is 12.5 Å². The summed E-state index contributed by atoms with van der Waals surface area (Å²) in [6.45, 7) is -1.65. The first-order valence-electron chi connectivity index (χ1n) is 5.83. The Morgan fingerprint density at radius 3 is 2.63 bits per heavy atom. The monoisotopic (exact) mass is 278 g/mol. The summed E-state index contributed by atoms with van der Waals surface area (Å²) >= 11 is 0. The fourth-order valence-corrected chi connectivity index (χ4v) is 1.65. The first-order chi connectivity index (χ1) is 8.94. The molecule has 1 N–H and O–H groups in total. The van der Waals surface area contributed by atoms with Crippen molar-refractivity contribution in [2.24, 2.45) is 5.92 Å². The van der Waals surface area contributed by atoms with E-state index in [0.717, 1.165) is 5.56 Å². The average Bonchev–Trinajstić information content (AvgIpc) is 2.36. The Kier molecular flexibility index (Phi) is 6.11. The largest absolute Gasteiger partial charge is 0.497 e. The van der Waals surface area contributed by atoms with E-state index >= 15 is 0 Å². The van der Waals surface area contributed by atoms with Crippen LogP contribution in [0.4, 0.5) is 13.2 Å². The fourth-order valence-electron chi connectivity index (χ4n) is 1.65. The highest BCUT2D eigenvalue weighted by atomic mass is 19.4. The molecule has 0 aliphatic rings. The second-order valence-corrected chi connectivity index (χ2v) is 4.23. The maximum absolute atomic E-state index is 11.9. The summed E-state index contributed by atoms with van der Waals surface area (Å²) < 4.78 is 45.4. The van der Waals surface area contributed by atoms with E-state index in [9.17, 15) is 13.2 Å². The summed E-state index contributed by atoms with van der Waals surface area (Å²) in [6, 6.07) is 7.18. The molecule has 0 heterocycles. The fraction of sp³-hybridized carbons (Fsp3) is 0.538. The van der Waals surface area contributed by atoms with Gasteiger partial charge in [-0.3, -0.25) is 0 Å². The number of ether oxygens (including phenoxy) is 2. The van der Waals surface area contributed by atoms with Crippen LogP contribution < -0.4 is 4.74 Å². The highest BCUT2D eigenvalue weighted by Crippen LogP contribution is 2.18. The molecule has 1 aromatic rings. The highest BCUT2D eigenvalue weighted by Gasteiger charge is 2.27. The predicted molar refractivity (Wildman–Crippen MR) is 64.1 cm³/mol. The predicted octanol–water partition coefficient (Wildman–Crippen LogP) is 2.43. The third-order valence-electron chi connectivity index (χ3n) is 2.54. The minimum absolute atomic E-state index is 0.132. The maximum Gasteiger partial charge on any atom is 0.411 e. The molecular formula is C13H17F3O3. The van der Waals surface area contributed by atoms with Crippen LogP contribution in [0.3, 0.4) is 0 Å². The van der Waals surface area contributed by atoms with Gasteiger partial charge in [0.1, 0.15) is 12.4 Å². The van der Waals surface area contributed by atoms with E-state index < -0.39 is 12.8 Å². The van der Waals surface area contributed by atoms with Crippen molar-refractivity contribution in [2.75, 3.05) is 26.9 Å². The first-order valence-corrected chi connectivity index (χ1v) is 5.83. The van der Waals surface area contributed by atoms with Crippen LogP contribution in [-0.2, 0) is 11.2 Å². The van der Waals surface area contributed by atoms with Crippen LogP contribution in [0.25, 0.3) is 0 Å². The maximum atomic E-state index is 11.9. The number of aliphatic hydroxyl groups excluding tert-OH is 1. The summed E-state index contributed by atoms with van der Waals surface area (Å²) in [5, 5.41) is 9.15. The third kappa shape index (κ3) is 6.45. The van der Waals surface area contributed by atoms with E-state index in [2.05, 4.69) is 4.74 Å². The number of halogens is 3. The van der Waals surface area contributed by atoms with Gasteiger partial charge in [-0.15, -0.1) is 0 Å². The molecule has 0 spiro atoms. The van der Waals surface area contributed by atoms with Crippen molar-refractivity contribution in [1.29, 1.82) is 0 Å². The zero-order valence-corrected chi connectivity index (χ0v) is 10.6. The standard InChI is InChI=1S/C13H17F3O3/c1-18-12-4-2-3-10(6-12)5-11(7-17)8-19-9-13(14,15)16/h2-4,6,11,17H,5,7-9H2,1H3. The average molecular weight is 278 g/mol. The minimum Gasteiger partial charge on any atom is -0.497 e. The van der Waals surface area contributed by atoms with Crippen LogP contribution in [0.5, 0.6) is 5.75 Å². The van der Waals surface area contributed by atoms with E-state index in [1.807, 2.05) is 6.07 Å². The molecule has 0 aliphatic carbocycles. The topological polar surface area (TPSA) is 38.7 Å². The molecule has 0 aromatic heterocycles. The van der Waals surface area contributed by atoms with E-state index in [1.54, 1.807) is 18.2 Å². The van der Waals surface area contributed by atoms with Crippen LogP contribution in [0.2, 0.25) is 0 Å². The quantitative estimate of drug-likeness (QED) is 0.832. The van der Waals surface area contributed by atoms with Crippen molar-refractivity contribution in [3.8, 4) is 5.75 Å². The zero-order chi connectivity index (χ0) is 14.3. The van der Waals surface area contributed by atoms with Crippen LogP contribution in [0.1, 0.15) is 5.56 Å². The Hall–Kier alpha value is -1.27. The van der Waals surface area contributed by atoms with Gasteiger partial charge < -0.3 is 14.6 Å². The number of aliphatic hydroxyl groups is 1. The lowest BCUT2D eigenvalue weighted by Crippen LogP contribution is -2.23. The number of hydrogen-bond acceptors (Lipinski definition) is 3. The number of methoxy groups -OCH3 is 1. The molecule has 0 saturated carbocycles. The molecule has 0 amide bonds. The number of benzene rings is 1. The molecule has 1 rings (SSSR count). The van der Waals surface area contributed by atoms with Crippen LogP contribution in [0, 0.1) is 5.92 Å².